The summed E-state index contributed by atoms with van der Waals surface area (Å²) in [5.41, 5.74) is 2.96. The van der Waals surface area contributed by atoms with Crippen LogP contribution in [-0.4, -0.2) is 22.3 Å². The molecule has 0 N–H and O–H groups in total. The first kappa shape index (κ1) is 13.6. The fourth-order valence-corrected chi connectivity index (χ4v) is 2.93. The van der Waals surface area contributed by atoms with E-state index >= 15 is 0 Å². The van der Waals surface area contributed by atoms with E-state index < -0.39 is 0 Å². The lowest BCUT2D eigenvalue weighted by Crippen LogP contribution is -2.36. The molecule has 102 valence electrons. The minimum atomic E-state index is -0.0710. The average Bonchev–Trinajstić information content (AvgIpc) is 2.48. The van der Waals surface area contributed by atoms with Crippen LogP contribution in [0, 0.1) is 0 Å². The van der Waals surface area contributed by atoms with Gasteiger partial charge in [-0.1, -0.05) is 35.9 Å². The molecule has 20 heavy (non-hydrogen) atoms. The first-order valence-electron chi connectivity index (χ1n) is 6.32. The van der Waals surface area contributed by atoms with E-state index in [4.69, 9.17) is 11.6 Å². The highest BCUT2D eigenvalue weighted by atomic mass is 79.9. The summed E-state index contributed by atoms with van der Waals surface area (Å²) < 4.78 is 0.752. The van der Waals surface area contributed by atoms with Gasteiger partial charge in [0.15, 0.2) is 0 Å². The van der Waals surface area contributed by atoms with Crippen molar-refractivity contribution in [3.05, 3.63) is 62.8 Å². The van der Waals surface area contributed by atoms with Crippen LogP contribution in [0.3, 0.4) is 0 Å². The minimum absolute atomic E-state index is 0.0710. The van der Waals surface area contributed by atoms with Crippen molar-refractivity contribution in [2.45, 2.75) is 13.0 Å². The second-order valence-corrected chi connectivity index (χ2v) is 6.01. The van der Waals surface area contributed by atoms with Crippen LogP contribution < -0.4 is 0 Å². The zero-order valence-corrected chi connectivity index (χ0v) is 13.0. The molecule has 1 aromatic carbocycles. The van der Waals surface area contributed by atoms with Crippen molar-refractivity contribution < 1.29 is 4.79 Å². The predicted molar refractivity (Wildman–Crippen MR) is 81.8 cm³/mol. The van der Waals surface area contributed by atoms with Gasteiger partial charge in [0.05, 0.1) is 5.56 Å². The van der Waals surface area contributed by atoms with Gasteiger partial charge in [-0.3, -0.25) is 4.79 Å². The number of halogens is 2. The van der Waals surface area contributed by atoms with E-state index in [0.29, 0.717) is 18.7 Å². The number of rotatable bonds is 1. The Morgan fingerprint density at radius 3 is 2.85 bits per heavy atom. The van der Waals surface area contributed by atoms with Crippen molar-refractivity contribution >= 4 is 33.4 Å². The van der Waals surface area contributed by atoms with Crippen molar-refractivity contribution in [3.8, 4) is 0 Å². The topological polar surface area (TPSA) is 33.2 Å². The first-order valence-corrected chi connectivity index (χ1v) is 7.49. The van der Waals surface area contributed by atoms with Gasteiger partial charge in [0, 0.05) is 23.8 Å². The molecule has 0 spiro atoms. The quantitative estimate of drug-likeness (QED) is 0.734. The van der Waals surface area contributed by atoms with Crippen LogP contribution in [0.15, 0.2) is 41.0 Å². The lowest BCUT2D eigenvalue weighted by atomic mass is 9.99. The van der Waals surface area contributed by atoms with Gasteiger partial charge < -0.3 is 4.90 Å². The molecule has 0 aliphatic carbocycles. The minimum Gasteiger partial charge on any atom is -0.334 e. The van der Waals surface area contributed by atoms with Gasteiger partial charge in [-0.05, 0) is 39.5 Å². The molecule has 2 heterocycles. The van der Waals surface area contributed by atoms with Crippen LogP contribution in [0.2, 0.25) is 5.15 Å². The highest BCUT2D eigenvalue weighted by Crippen LogP contribution is 2.24. The Kier molecular flexibility index (Phi) is 3.76. The van der Waals surface area contributed by atoms with Gasteiger partial charge in [-0.25, -0.2) is 4.98 Å². The van der Waals surface area contributed by atoms with Crippen LogP contribution >= 0.6 is 27.5 Å². The molecule has 0 unspecified atom stereocenters. The molecule has 1 aliphatic heterocycles. The normalized spacial score (nSPS) is 14.0. The fraction of sp³-hybridized carbons (Fsp3) is 0.200. The zero-order chi connectivity index (χ0) is 14.1. The standard InChI is InChI=1S/C15H12BrClN2O/c16-12-7-13(14(17)18-8-12)15(20)19-6-5-10-3-1-2-4-11(10)9-19/h1-4,7-8H,5-6,9H2. The fourth-order valence-electron chi connectivity index (χ4n) is 2.41. The number of pyridine rings is 1. The maximum absolute atomic E-state index is 12.6. The first-order chi connectivity index (χ1) is 9.65. The van der Waals surface area contributed by atoms with Crippen molar-refractivity contribution in [2.75, 3.05) is 6.54 Å². The summed E-state index contributed by atoms with van der Waals surface area (Å²) in [5, 5.41) is 0.247. The number of hydrogen-bond donors (Lipinski definition) is 0. The molecule has 0 saturated carbocycles. The zero-order valence-electron chi connectivity index (χ0n) is 10.6. The Bertz CT molecular complexity index is 675. The van der Waals surface area contributed by atoms with Crippen LogP contribution in [-0.2, 0) is 13.0 Å². The van der Waals surface area contributed by atoms with E-state index in [9.17, 15) is 4.79 Å². The Morgan fingerprint density at radius 1 is 1.30 bits per heavy atom. The molecule has 5 heteroatoms. The highest BCUT2D eigenvalue weighted by Gasteiger charge is 2.23. The van der Waals surface area contributed by atoms with Gasteiger partial charge in [-0.2, -0.15) is 0 Å². The monoisotopic (exact) mass is 350 g/mol. The molecule has 1 aliphatic rings. The highest BCUT2D eigenvalue weighted by molar-refractivity contribution is 9.10. The van der Waals surface area contributed by atoms with Gasteiger partial charge in [0.1, 0.15) is 5.15 Å². The third-order valence-corrected chi connectivity index (χ3v) is 4.19. The van der Waals surface area contributed by atoms with Crippen LogP contribution in [0.25, 0.3) is 0 Å². The Hall–Kier alpha value is -1.39. The molecule has 2 aromatic rings. The summed E-state index contributed by atoms with van der Waals surface area (Å²) >= 11 is 9.35. The Balaban J connectivity index is 1.88. The number of carbonyl (C=O) groups is 1. The van der Waals surface area contributed by atoms with Crippen molar-refractivity contribution in [2.24, 2.45) is 0 Å². The lowest BCUT2D eigenvalue weighted by molar-refractivity contribution is 0.0734. The van der Waals surface area contributed by atoms with E-state index in [0.717, 1.165) is 10.9 Å². The molecular formula is C15H12BrClN2O. The summed E-state index contributed by atoms with van der Waals surface area (Å²) in [6, 6.07) is 9.93. The summed E-state index contributed by atoms with van der Waals surface area (Å²) in [7, 11) is 0. The van der Waals surface area contributed by atoms with Crippen molar-refractivity contribution in [1.82, 2.24) is 9.88 Å². The van der Waals surface area contributed by atoms with Gasteiger partial charge in [0.25, 0.3) is 5.91 Å². The van der Waals surface area contributed by atoms with Crippen molar-refractivity contribution in [3.63, 3.8) is 0 Å². The number of hydrogen-bond acceptors (Lipinski definition) is 2. The molecular weight excluding hydrogens is 340 g/mol. The number of aromatic nitrogens is 1. The van der Waals surface area contributed by atoms with E-state index in [1.165, 1.54) is 11.1 Å². The summed E-state index contributed by atoms with van der Waals surface area (Å²) in [4.78, 5) is 18.4. The molecule has 0 fully saturated rings. The number of benzene rings is 1. The third kappa shape index (κ3) is 2.58. The van der Waals surface area contributed by atoms with E-state index in [1.54, 1.807) is 12.3 Å². The van der Waals surface area contributed by atoms with E-state index in [-0.39, 0.29) is 11.1 Å². The average molecular weight is 352 g/mol. The SMILES string of the molecule is O=C(c1cc(Br)cnc1Cl)N1CCc2ccccc2C1. The van der Waals surface area contributed by atoms with E-state index in [1.807, 2.05) is 17.0 Å². The summed E-state index contributed by atoms with van der Waals surface area (Å²) in [6.45, 7) is 1.33. The summed E-state index contributed by atoms with van der Waals surface area (Å²) in [6.07, 6.45) is 2.46. The van der Waals surface area contributed by atoms with Crippen LogP contribution in [0.1, 0.15) is 21.5 Å². The van der Waals surface area contributed by atoms with E-state index in [2.05, 4.69) is 33.0 Å². The molecule has 0 saturated heterocycles. The van der Waals surface area contributed by atoms with Gasteiger partial charge in [0.2, 0.25) is 0 Å². The smallest absolute Gasteiger partial charge is 0.257 e. The van der Waals surface area contributed by atoms with Crippen LogP contribution in [0.5, 0.6) is 0 Å². The molecule has 0 atom stereocenters. The van der Waals surface area contributed by atoms with Gasteiger partial charge in [-0.15, -0.1) is 0 Å². The molecule has 0 radical (unpaired) electrons. The molecule has 0 bridgehead atoms. The second kappa shape index (κ2) is 5.54. The predicted octanol–water partition coefficient (Wildman–Crippen LogP) is 3.70. The number of amides is 1. The molecule has 3 nitrogen and oxygen atoms in total. The maximum Gasteiger partial charge on any atom is 0.257 e. The molecule has 1 aromatic heterocycles. The Labute approximate surface area is 130 Å². The van der Waals surface area contributed by atoms with Crippen LogP contribution in [0.4, 0.5) is 0 Å². The Morgan fingerprint density at radius 2 is 2.05 bits per heavy atom. The second-order valence-electron chi connectivity index (χ2n) is 4.74. The third-order valence-electron chi connectivity index (χ3n) is 3.45. The lowest BCUT2D eigenvalue weighted by Gasteiger charge is -2.29. The molecule has 1 amide bonds. The maximum atomic E-state index is 12.6. The summed E-state index contributed by atoms with van der Waals surface area (Å²) in [5.74, 6) is -0.0710. The number of fused-ring (bicyclic) bond motifs is 1. The largest absolute Gasteiger partial charge is 0.334 e. The van der Waals surface area contributed by atoms with Gasteiger partial charge >= 0.3 is 0 Å². The number of nitrogens with zero attached hydrogens (tertiary/aromatic N) is 2. The number of carbonyl (C=O) groups excluding carboxylic acids is 1. The van der Waals surface area contributed by atoms with Crippen molar-refractivity contribution in [1.29, 1.82) is 0 Å². The molecule has 3 rings (SSSR count).